The van der Waals surface area contributed by atoms with Gasteiger partial charge < -0.3 is 19.4 Å². The maximum atomic E-state index is 12.3. The average Bonchev–Trinajstić information content (AvgIpc) is 3.27. The van der Waals surface area contributed by atoms with Crippen LogP contribution in [0.5, 0.6) is 11.5 Å². The minimum Gasteiger partial charge on any atom is -0.454 e. The zero-order valence-corrected chi connectivity index (χ0v) is 16.4. The summed E-state index contributed by atoms with van der Waals surface area (Å²) in [5.74, 6) is 3.15. The third-order valence-electron chi connectivity index (χ3n) is 5.26. The van der Waals surface area contributed by atoms with Crippen molar-refractivity contribution in [1.29, 1.82) is 0 Å². The van der Waals surface area contributed by atoms with Gasteiger partial charge in [0, 0.05) is 18.7 Å². The van der Waals surface area contributed by atoms with E-state index >= 15 is 0 Å². The molecule has 1 aromatic carbocycles. The van der Waals surface area contributed by atoms with Crippen LogP contribution in [-0.2, 0) is 11.8 Å². The molecule has 7 nitrogen and oxygen atoms in total. The number of rotatable bonds is 5. The molecule has 0 saturated heterocycles. The Morgan fingerprint density at radius 3 is 2.93 bits per heavy atom. The second-order valence-electron chi connectivity index (χ2n) is 7.16. The van der Waals surface area contributed by atoms with Crippen molar-refractivity contribution in [2.75, 3.05) is 12.5 Å². The number of aromatic nitrogens is 3. The number of benzene rings is 1. The Morgan fingerprint density at radius 2 is 2.07 bits per heavy atom. The summed E-state index contributed by atoms with van der Waals surface area (Å²) in [6, 6.07) is 6.01. The lowest BCUT2D eigenvalue weighted by atomic mass is 9.86. The van der Waals surface area contributed by atoms with Gasteiger partial charge in [0.05, 0.1) is 5.75 Å². The average molecular weight is 388 g/mol. The Bertz CT molecular complexity index is 838. The Hall–Kier alpha value is -2.22. The Labute approximate surface area is 162 Å². The first-order chi connectivity index (χ1) is 13.1. The molecule has 1 saturated carbocycles. The number of nitrogens with zero attached hydrogens (tertiary/aromatic N) is 3. The fourth-order valence-electron chi connectivity index (χ4n) is 3.64. The van der Waals surface area contributed by atoms with Gasteiger partial charge >= 0.3 is 0 Å². The molecule has 1 aliphatic carbocycles. The summed E-state index contributed by atoms with van der Waals surface area (Å²) in [7, 11) is 1.91. The minimum atomic E-state index is 0.0615. The van der Waals surface area contributed by atoms with Gasteiger partial charge in [0.15, 0.2) is 22.5 Å². The van der Waals surface area contributed by atoms with Crippen molar-refractivity contribution in [3.8, 4) is 22.9 Å². The van der Waals surface area contributed by atoms with Crippen molar-refractivity contribution >= 4 is 17.7 Å². The van der Waals surface area contributed by atoms with E-state index in [0.29, 0.717) is 23.5 Å². The lowest BCUT2D eigenvalue weighted by molar-refractivity contribution is -0.119. The Morgan fingerprint density at radius 1 is 1.26 bits per heavy atom. The van der Waals surface area contributed by atoms with Gasteiger partial charge in [-0.2, -0.15) is 0 Å². The Balaban J connectivity index is 1.38. The maximum Gasteiger partial charge on any atom is 0.231 e. The number of hydrogen-bond acceptors (Lipinski definition) is 6. The summed E-state index contributed by atoms with van der Waals surface area (Å²) in [5, 5.41) is 12.4. The van der Waals surface area contributed by atoms with Crippen molar-refractivity contribution in [3.63, 3.8) is 0 Å². The quantitative estimate of drug-likeness (QED) is 0.794. The maximum absolute atomic E-state index is 12.3. The van der Waals surface area contributed by atoms with E-state index in [4.69, 9.17) is 9.47 Å². The number of amides is 1. The summed E-state index contributed by atoms with van der Waals surface area (Å²) in [6.45, 7) is 2.46. The number of carbonyl (C=O) groups excluding carboxylic acids is 1. The summed E-state index contributed by atoms with van der Waals surface area (Å²) in [5.41, 5.74) is 0.904. The van der Waals surface area contributed by atoms with Crippen molar-refractivity contribution in [2.24, 2.45) is 13.0 Å². The van der Waals surface area contributed by atoms with Crippen LogP contribution < -0.4 is 14.8 Å². The second-order valence-corrected chi connectivity index (χ2v) is 8.10. The molecule has 4 rings (SSSR count). The fourth-order valence-corrected chi connectivity index (χ4v) is 4.36. The van der Waals surface area contributed by atoms with Crippen molar-refractivity contribution in [3.05, 3.63) is 18.2 Å². The number of hydrogen-bond donors (Lipinski definition) is 1. The molecule has 27 heavy (non-hydrogen) atoms. The SMILES string of the molecule is C[C@H]1CCCC[C@@H]1NC(=O)CSc1nnc(-c2ccc3c(c2)OCO3)n1C. The lowest BCUT2D eigenvalue weighted by Crippen LogP contribution is -2.41. The second kappa shape index (κ2) is 7.80. The number of ether oxygens (including phenoxy) is 2. The first kappa shape index (κ1) is 18.2. The molecule has 1 fully saturated rings. The molecule has 2 atom stereocenters. The van der Waals surface area contributed by atoms with Gasteiger partial charge in [0.25, 0.3) is 0 Å². The van der Waals surface area contributed by atoms with Crippen molar-refractivity contribution < 1.29 is 14.3 Å². The van der Waals surface area contributed by atoms with E-state index in [1.54, 1.807) is 0 Å². The van der Waals surface area contributed by atoms with Gasteiger partial charge in [-0.3, -0.25) is 4.79 Å². The molecule has 0 radical (unpaired) electrons. The van der Waals surface area contributed by atoms with Gasteiger partial charge in [0.2, 0.25) is 12.7 Å². The molecular formula is C19H24N4O3S. The van der Waals surface area contributed by atoms with Gasteiger partial charge in [0.1, 0.15) is 0 Å². The molecule has 1 amide bonds. The highest BCUT2D eigenvalue weighted by Crippen LogP contribution is 2.35. The standard InChI is InChI=1S/C19H24N4O3S/c1-12-5-3-4-6-14(12)20-17(24)10-27-19-22-21-18(23(19)2)13-7-8-15-16(9-13)26-11-25-15/h7-9,12,14H,3-6,10-11H2,1-2H3,(H,20,24)/t12-,14-/m0/s1. The van der Waals surface area contributed by atoms with E-state index in [1.807, 2.05) is 29.8 Å². The summed E-state index contributed by atoms with van der Waals surface area (Å²) < 4.78 is 12.7. The third kappa shape index (κ3) is 3.90. The number of thioether (sulfide) groups is 1. The molecule has 1 aliphatic heterocycles. The highest BCUT2D eigenvalue weighted by molar-refractivity contribution is 7.99. The van der Waals surface area contributed by atoms with E-state index in [-0.39, 0.29) is 12.7 Å². The zero-order chi connectivity index (χ0) is 18.8. The summed E-state index contributed by atoms with van der Waals surface area (Å²) in [4.78, 5) is 12.3. The molecule has 0 unspecified atom stereocenters. The topological polar surface area (TPSA) is 78.3 Å². The van der Waals surface area contributed by atoms with Crippen LogP contribution in [0.1, 0.15) is 32.6 Å². The molecule has 2 aliphatic rings. The predicted octanol–water partition coefficient (Wildman–Crippen LogP) is 3.00. The van der Waals surface area contributed by atoms with E-state index in [1.165, 1.54) is 31.0 Å². The van der Waals surface area contributed by atoms with Gasteiger partial charge in [-0.1, -0.05) is 31.5 Å². The van der Waals surface area contributed by atoms with Gasteiger partial charge in [-0.25, -0.2) is 0 Å². The summed E-state index contributed by atoms with van der Waals surface area (Å²) in [6.07, 6.45) is 4.74. The molecule has 2 heterocycles. The highest BCUT2D eigenvalue weighted by Gasteiger charge is 2.23. The molecule has 8 heteroatoms. The lowest BCUT2D eigenvalue weighted by Gasteiger charge is -2.29. The van der Waals surface area contributed by atoms with E-state index in [0.717, 1.165) is 28.7 Å². The zero-order valence-electron chi connectivity index (χ0n) is 15.6. The van der Waals surface area contributed by atoms with Crippen LogP contribution in [0, 0.1) is 5.92 Å². The van der Waals surface area contributed by atoms with Crippen LogP contribution in [0.2, 0.25) is 0 Å². The van der Waals surface area contributed by atoms with Gasteiger partial charge in [-0.05, 0) is 37.0 Å². The molecule has 1 N–H and O–H groups in total. The first-order valence-electron chi connectivity index (χ1n) is 9.33. The van der Waals surface area contributed by atoms with Crippen molar-refractivity contribution in [2.45, 2.75) is 43.8 Å². The van der Waals surface area contributed by atoms with Crippen LogP contribution in [0.25, 0.3) is 11.4 Å². The van der Waals surface area contributed by atoms with E-state index in [2.05, 4.69) is 22.4 Å². The van der Waals surface area contributed by atoms with Crippen LogP contribution in [-0.4, -0.2) is 39.3 Å². The van der Waals surface area contributed by atoms with Crippen molar-refractivity contribution in [1.82, 2.24) is 20.1 Å². The largest absolute Gasteiger partial charge is 0.454 e. The monoisotopic (exact) mass is 388 g/mol. The summed E-state index contributed by atoms with van der Waals surface area (Å²) >= 11 is 1.41. The smallest absolute Gasteiger partial charge is 0.231 e. The number of carbonyl (C=O) groups is 1. The highest BCUT2D eigenvalue weighted by atomic mass is 32.2. The number of fused-ring (bicyclic) bond motifs is 1. The third-order valence-corrected chi connectivity index (χ3v) is 6.28. The molecular weight excluding hydrogens is 364 g/mol. The molecule has 2 aromatic rings. The molecule has 0 spiro atoms. The van der Waals surface area contributed by atoms with Crippen LogP contribution in [0.15, 0.2) is 23.4 Å². The molecule has 1 aromatic heterocycles. The van der Waals surface area contributed by atoms with Crippen LogP contribution >= 0.6 is 11.8 Å². The molecule has 0 bridgehead atoms. The van der Waals surface area contributed by atoms with Crippen LogP contribution in [0.3, 0.4) is 0 Å². The van der Waals surface area contributed by atoms with Crippen LogP contribution in [0.4, 0.5) is 0 Å². The minimum absolute atomic E-state index is 0.0615. The first-order valence-corrected chi connectivity index (χ1v) is 10.3. The van der Waals surface area contributed by atoms with E-state index in [9.17, 15) is 4.79 Å². The van der Waals surface area contributed by atoms with Gasteiger partial charge in [-0.15, -0.1) is 10.2 Å². The number of nitrogens with one attached hydrogen (secondary N) is 1. The normalized spacial score (nSPS) is 21.3. The predicted molar refractivity (Wildman–Crippen MR) is 103 cm³/mol. The van der Waals surface area contributed by atoms with E-state index < -0.39 is 0 Å². The molecule has 144 valence electrons. The fraction of sp³-hybridized carbons (Fsp3) is 0.526. The Kier molecular flexibility index (Phi) is 5.24.